The molecule has 3 aliphatic rings. The molecule has 6 rings (SSSR count). The number of nitrogens with zero attached hydrogens (tertiary/aromatic N) is 6. The molecule has 4 N–H and O–H groups in total. The number of benzene rings is 1. The van der Waals surface area contributed by atoms with Crippen molar-refractivity contribution in [2.24, 2.45) is 10.9 Å². The Labute approximate surface area is 241 Å². The van der Waals surface area contributed by atoms with E-state index in [4.69, 9.17) is 15.5 Å². The van der Waals surface area contributed by atoms with E-state index in [9.17, 15) is 10.2 Å². The molecule has 2 aliphatic heterocycles. The predicted molar refractivity (Wildman–Crippen MR) is 159 cm³/mol. The third kappa shape index (κ3) is 5.38. The molecule has 2 aromatic heterocycles. The number of rotatable bonds is 8. The van der Waals surface area contributed by atoms with E-state index in [-0.39, 0.29) is 11.2 Å². The molecule has 0 spiro atoms. The summed E-state index contributed by atoms with van der Waals surface area (Å²) in [5, 5.41) is 21.8. The maximum absolute atomic E-state index is 10.9. The highest BCUT2D eigenvalue weighted by atomic mass is 16.6. The lowest BCUT2D eigenvalue weighted by atomic mass is 9.75. The molecule has 4 heterocycles. The second-order valence-corrected chi connectivity index (χ2v) is 13.4. The first-order valence-electron chi connectivity index (χ1n) is 14.9. The van der Waals surface area contributed by atoms with Gasteiger partial charge in [0.15, 0.2) is 17.7 Å². The number of aliphatic hydroxyl groups excluding tert-OH is 2. The molecule has 2 fully saturated rings. The van der Waals surface area contributed by atoms with Crippen molar-refractivity contribution in [3.63, 3.8) is 0 Å². The van der Waals surface area contributed by atoms with Crippen molar-refractivity contribution in [1.82, 2.24) is 24.4 Å². The number of hydrogen-bond donors (Lipinski definition) is 3. The Morgan fingerprint density at radius 3 is 2.63 bits per heavy atom. The quantitative estimate of drug-likeness (QED) is 0.377. The number of ether oxygens (including phenoxy) is 1. The minimum absolute atomic E-state index is 0.131. The molecular formula is C31H43N7O3. The zero-order valence-corrected chi connectivity index (χ0v) is 24.7. The Kier molecular flexibility index (Phi) is 7.38. The number of nitrogen functional groups attached to an aromatic ring is 1. The normalized spacial score (nSPS) is 28.0. The number of aromatic nitrogens is 4. The van der Waals surface area contributed by atoms with Crippen molar-refractivity contribution in [2.75, 3.05) is 12.3 Å². The second kappa shape index (κ2) is 10.7. The standard InChI is InChI=1S/C31H43N7O3/c1-17(2)37(14-24-26(39)27(40)30(41-24)38-16-35-25-28(32)33-15-34-29(25)38)22-10-18(11-22)6-9-21-12-19-7-8-20(31(3,4)5)13-23(19)36-21/h7-8,13,15-18,22,24,26-27,30,39-40H,6,9-12,14H2,1-5H3,(H2,32,33,34)/t18-,22-,24-,26-,27-,30-/m1/s1. The summed E-state index contributed by atoms with van der Waals surface area (Å²) in [4.78, 5) is 19.9. The average molecular weight is 562 g/mol. The van der Waals surface area contributed by atoms with Gasteiger partial charge in [0.2, 0.25) is 0 Å². The number of hydrogen-bond acceptors (Lipinski definition) is 9. The van der Waals surface area contributed by atoms with Gasteiger partial charge in [0.05, 0.1) is 12.0 Å². The largest absolute Gasteiger partial charge is 0.387 e. The molecule has 1 saturated heterocycles. The molecule has 3 aromatic rings. The summed E-state index contributed by atoms with van der Waals surface area (Å²) in [6.45, 7) is 11.6. The zero-order valence-electron chi connectivity index (χ0n) is 24.7. The molecule has 41 heavy (non-hydrogen) atoms. The van der Waals surface area contributed by atoms with Crippen LogP contribution in [0, 0.1) is 5.92 Å². The Balaban J connectivity index is 1.04. The van der Waals surface area contributed by atoms with Crippen LogP contribution in [-0.4, -0.2) is 77.3 Å². The Morgan fingerprint density at radius 1 is 1.12 bits per heavy atom. The lowest BCUT2D eigenvalue weighted by Gasteiger charge is -2.46. The maximum atomic E-state index is 10.9. The summed E-state index contributed by atoms with van der Waals surface area (Å²) in [5.74, 6) is 0.941. The van der Waals surface area contributed by atoms with Crippen LogP contribution in [0.3, 0.4) is 0 Å². The summed E-state index contributed by atoms with van der Waals surface area (Å²) in [7, 11) is 0. The molecule has 0 radical (unpaired) electrons. The topological polar surface area (TPSA) is 135 Å². The summed E-state index contributed by atoms with van der Waals surface area (Å²) < 4.78 is 7.88. The van der Waals surface area contributed by atoms with Crippen LogP contribution in [0.5, 0.6) is 0 Å². The van der Waals surface area contributed by atoms with Crippen molar-refractivity contribution in [3.05, 3.63) is 42.0 Å². The van der Waals surface area contributed by atoms with E-state index in [2.05, 4.69) is 72.7 Å². The van der Waals surface area contributed by atoms with Gasteiger partial charge in [-0.3, -0.25) is 14.5 Å². The van der Waals surface area contributed by atoms with Crippen LogP contribution < -0.4 is 5.73 Å². The average Bonchev–Trinajstić information content (AvgIpc) is 3.58. The van der Waals surface area contributed by atoms with Gasteiger partial charge in [-0.05, 0) is 68.1 Å². The predicted octanol–water partition coefficient (Wildman–Crippen LogP) is 3.92. The van der Waals surface area contributed by atoms with Crippen molar-refractivity contribution < 1.29 is 14.9 Å². The van der Waals surface area contributed by atoms with Crippen LogP contribution in [0.4, 0.5) is 11.5 Å². The van der Waals surface area contributed by atoms with Crippen LogP contribution in [-0.2, 0) is 16.6 Å². The number of nitrogens with two attached hydrogens (primary N) is 1. The van der Waals surface area contributed by atoms with Crippen molar-refractivity contribution in [2.45, 2.75) is 109 Å². The van der Waals surface area contributed by atoms with E-state index >= 15 is 0 Å². The molecular weight excluding hydrogens is 518 g/mol. The minimum atomic E-state index is -1.10. The molecule has 0 unspecified atom stereocenters. The molecule has 0 amide bonds. The second-order valence-electron chi connectivity index (χ2n) is 13.4. The Bertz CT molecular complexity index is 1440. The summed E-state index contributed by atoms with van der Waals surface area (Å²) in [6, 6.07) is 7.50. The summed E-state index contributed by atoms with van der Waals surface area (Å²) >= 11 is 0. The van der Waals surface area contributed by atoms with Crippen molar-refractivity contribution >= 4 is 28.4 Å². The fourth-order valence-electron chi connectivity index (χ4n) is 6.59. The van der Waals surface area contributed by atoms with Gasteiger partial charge in [-0.15, -0.1) is 0 Å². The monoisotopic (exact) mass is 561 g/mol. The highest BCUT2D eigenvalue weighted by Gasteiger charge is 2.46. The minimum Gasteiger partial charge on any atom is -0.387 e. The fourth-order valence-corrected chi connectivity index (χ4v) is 6.59. The highest BCUT2D eigenvalue weighted by molar-refractivity contribution is 5.94. The first-order chi connectivity index (χ1) is 19.5. The number of aliphatic imine (C=N–C) groups is 1. The first-order valence-corrected chi connectivity index (χ1v) is 14.9. The van der Waals surface area contributed by atoms with Crippen molar-refractivity contribution in [1.29, 1.82) is 0 Å². The lowest BCUT2D eigenvalue weighted by molar-refractivity contribution is -0.0619. The van der Waals surface area contributed by atoms with Gasteiger partial charge < -0.3 is 20.7 Å². The third-order valence-corrected chi connectivity index (χ3v) is 9.20. The van der Waals surface area contributed by atoms with Crippen LogP contribution >= 0.6 is 0 Å². The molecule has 1 saturated carbocycles. The smallest absolute Gasteiger partial charge is 0.167 e. The molecule has 220 valence electrons. The van der Waals surface area contributed by atoms with E-state index in [0.29, 0.717) is 35.7 Å². The molecule has 1 aliphatic carbocycles. The van der Waals surface area contributed by atoms with Gasteiger partial charge in [0.1, 0.15) is 30.2 Å². The fraction of sp³-hybridized carbons (Fsp3) is 0.613. The van der Waals surface area contributed by atoms with Gasteiger partial charge >= 0.3 is 0 Å². The molecule has 0 bridgehead atoms. The number of aliphatic hydroxyl groups is 2. The van der Waals surface area contributed by atoms with Crippen molar-refractivity contribution in [3.8, 4) is 0 Å². The molecule has 10 heteroatoms. The van der Waals surface area contributed by atoms with E-state index in [1.807, 2.05) is 0 Å². The third-order valence-electron chi connectivity index (χ3n) is 9.20. The molecule has 10 nitrogen and oxygen atoms in total. The van der Waals surface area contributed by atoms with E-state index in [1.165, 1.54) is 29.5 Å². The number of imidazole rings is 1. The van der Waals surface area contributed by atoms with Gasteiger partial charge in [-0.1, -0.05) is 32.9 Å². The first kappa shape index (κ1) is 28.2. The van der Waals surface area contributed by atoms with E-state index < -0.39 is 24.5 Å². The Morgan fingerprint density at radius 2 is 1.90 bits per heavy atom. The van der Waals surface area contributed by atoms with Gasteiger partial charge in [0, 0.05) is 30.8 Å². The van der Waals surface area contributed by atoms with Gasteiger partial charge in [-0.25, -0.2) is 15.0 Å². The Hall–Kier alpha value is -2.92. The van der Waals surface area contributed by atoms with Crippen LogP contribution in [0.25, 0.3) is 11.2 Å². The number of anilines is 1. The van der Waals surface area contributed by atoms with Crippen LogP contribution in [0.2, 0.25) is 0 Å². The summed E-state index contributed by atoms with van der Waals surface area (Å²) in [5.41, 5.74) is 12.1. The van der Waals surface area contributed by atoms with E-state index in [0.717, 1.165) is 37.8 Å². The lowest BCUT2D eigenvalue weighted by Crippen LogP contribution is -2.52. The van der Waals surface area contributed by atoms with Crippen LogP contribution in [0.1, 0.15) is 77.7 Å². The molecule has 1 aromatic carbocycles. The van der Waals surface area contributed by atoms with Gasteiger partial charge in [0.25, 0.3) is 0 Å². The number of fused-ring (bicyclic) bond motifs is 2. The zero-order chi connectivity index (χ0) is 29.1. The maximum Gasteiger partial charge on any atom is 0.167 e. The van der Waals surface area contributed by atoms with Crippen LogP contribution in [0.15, 0.2) is 35.8 Å². The molecule has 4 atom stereocenters. The summed E-state index contributed by atoms with van der Waals surface area (Å²) in [6.07, 6.45) is 4.87. The SMILES string of the molecule is CC(C)N(C[C@H]1O[C@@H](n2cnc3c(N)ncnc32)[C@H](O)[C@@H]1O)[C@H]1C[C@H](CCC2=Nc3cc(C(C)(C)C)ccc3C2)C1. The highest BCUT2D eigenvalue weighted by Crippen LogP contribution is 2.40. The van der Waals surface area contributed by atoms with E-state index in [1.54, 1.807) is 4.57 Å². The van der Waals surface area contributed by atoms with Gasteiger partial charge in [-0.2, -0.15) is 0 Å².